The number of carbonyl (C=O) groups is 1. The van der Waals surface area contributed by atoms with Crippen LogP contribution in [0.5, 0.6) is 0 Å². The molecule has 2 aromatic heterocycles. The molecule has 3 heterocycles. The molecule has 1 aliphatic heterocycles. The summed E-state index contributed by atoms with van der Waals surface area (Å²) in [7, 11) is -4.72. The number of pyridine rings is 1. The number of alkyl halides is 3. The van der Waals surface area contributed by atoms with Crippen molar-refractivity contribution >= 4 is 33.2 Å². The van der Waals surface area contributed by atoms with Gasteiger partial charge in [-0.1, -0.05) is 11.6 Å². The molecule has 8 nitrogen and oxygen atoms in total. The van der Waals surface area contributed by atoms with E-state index >= 15 is 0 Å². The first-order chi connectivity index (χ1) is 14.3. The van der Waals surface area contributed by atoms with Gasteiger partial charge in [-0.05, 0) is 25.8 Å². The number of hydrogen-bond donors (Lipinski definition) is 2. The molecule has 166 valence electrons. The Kier molecular flexibility index (Phi) is 6.01. The Morgan fingerprint density at radius 1 is 1.39 bits per heavy atom. The van der Waals surface area contributed by atoms with Crippen LogP contribution in [0.15, 0.2) is 17.0 Å². The van der Waals surface area contributed by atoms with Crippen LogP contribution in [0.3, 0.4) is 0 Å². The van der Waals surface area contributed by atoms with Gasteiger partial charge in [-0.25, -0.2) is 13.4 Å². The molecule has 0 fully saturated rings. The van der Waals surface area contributed by atoms with E-state index in [1.165, 1.54) is 9.29 Å². The molecule has 1 amide bonds. The first-order valence-electron chi connectivity index (χ1n) is 8.74. The zero-order valence-corrected chi connectivity index (χ0v) is 17.3. The summed E-state index contributed by atoms with van der Waals surface area (Å²) < 4.78 is 80.2. The number of rotatable bonds is 5. The van der Waals surface area contributed by atoms with Gasteiger partial charge in [0.05, 0.1) is 5.02 Å². The second kappa shape index (κ2) is 8.10. The minimum Gasteiger partial charge on any atom is -0.338 e. The number of nitriles is 1. The quantitative estimate of drug-likeness (QED) is 0.505. The van der Waals surface area contributed by atoms with E-state index in [0.29, 0.717) is 13.3 Å². The summed E-state index contributed by atoms with van der Waals surface area (Å²) in [6.07, 6.45) is -4.22. The predicted molar refractivity (Wildman–Crippen MR) is 100 cm³/mol. The highest BCUT2D eigenvalue weighted by Crippen LogP contribution is 2.37. The molecule has 1 aliphatic rings. The van der Waals surface area contributed by atoms with Gasteiger partial charge in [0.1, 0.15) is 28.4 Å². The Morgan fingerprint density at radius 2 is 2.06 bits per heavy atom. The minimum atomic E-state index is -4.83. The van der Waals surface area contributed by atoms with E-state index in [4.69, 9.17) is 16.9 Å². The number of nitrogens with one attached hydrogen (secondary N) is 2. The van der Waals surface area contributed by atoms with Crippen LogP contribution in [0.2, 0.25) is 5.02 Å². The molecule has 14 heteroatoms. The lowest BCUT2D eigenvalue weighted by molar-refractivity contribution is -0.147. The topological polar surface area (TPSA) is 117 Å². The first kappa shape index (κ1) is 23.0. The second-order valence-corrected chi connectivity index (χ2v) is 8.74. The van der Waals surface area contributed by atoms with Gasteiger partial charge in [-0.2, -0.15) is 27.5 Å². The van der Waals surface area contributed by atoms with Crippen molar-refractivity contribution in [2.24, 2.45) is 0 Å². The number of nitrogens with zero attached hydrogens (tertiary/aromatic N) is 3. The number of amides is 1. The number of halogens is 5. The van der Waals surface area contributed by atoms with E-state index in [1.54, 1.807) is 6.07 Å². The SMILES string of the molecule is CC(NS(=O)(=O)c1c(Cl)c(C(=O)Nc2cc(F)nc(C#N)c2)n2c1CCC2)C(F)(F)F. The third kappa shape index (κ3) is 4.51. The zero-order valence-electron chi connectivity index (χ0n) is 15.7. The minimum absolute atomic E-state index is 0.0932. The van der Waals surface area contributed by atoms with Gasteiger partial charge in [0, 0.05) is 24.0 Å². The maximum atomic E-state index is 13.5. The van der Waals surface area contributed by atoms with Crippen molar-refractivity contribution in [1.82, 2.24) is 14.3 Å². The Balaban J connectivity index is 2.02. The Hall–Kier alpha value is -2.69. The number of carbonyl (C=O) groups excluding carboxylic acids is 1. The Bertz CT molecular complexity index is 1200. The molecule has 1 unspecified atom stereocenters. The second-order valence-electron chi connectivity index (χ2n) is 6.71. The molecule has 31 heavy (non-hydrogen) atoms. The molecule has 0 saturated carbocycles. The molecule has 3 rings (SSSR count). The largest absolute Gasteiger partial charge is 0.404 e. The van der Waals surface area contributed by atoms with Crippen molar-refractivity contribution in [3.8, 4) is 6.07 Å². The summed E-state index contributed by atoms with van der Waals surface area (Å²) in [6, 6.07) is 1.16. The van der Waals surface area contributed by atoms with Crippen molar-refractivity contribution in [2.45, 2.75) is 43.4 Å². The average molecular weight is 480 g/mol. The fourth-order valence-corrected chi connectivity index (χ4v) is 5.35. The maximum absolute atomic E-state index is 13.5. The zero-order chi connectivity index (χ0) is 23.1. The highest BCUT2D eigenvalue weighted by atomic mass is 35.5. The lowest BCUT2D eigenvalue weighted by Crippen LogP contribution is -2.43. The molecule has 0 aliphatic carbocycles. The number of fused-ring (bicyclic) bond motifs is 1. The van der Waals surface area contributed by atoms with Crippen LogP contribution in [-0.4, -0.2) is 36.1 Å². The fraction of sp³-hybridized carbons (Fsp3) is 0.353. The molecule has 0 saturated heterocycles. The van der Waals surface area contributed by atoms with Gasteiger partial charge in [-0.15, -0.1) is 0 Å². The number of hydrogen-bond acceptors (Lipinski definition) is 5. The van der Waals surface area contributed by atoms with Gasteiger partial charge >= 0.3 is 6.18 Å². The molecule has 1 atom stereocenters. The Morgan fingerprint density at radius 3 is 2.68 bits per heavy atom. The van der Waals surface area contributed by atoms with Gasteiger partial charge in [0.15, 0.2) is 0 Å². The normalized spacial score (nSPS) is 14.7. The van der Waals surface area contributed by atoms with Gasteiger partial charge in [0.25, 0.3) is 5.91 Å². The van der Waals surface area contributed by atoms with Crippen LogP contribution < -0.4 is 10.0 Å². The summed E-state index contributed by atoms with van der Waals surface area (Å²) in [5, 5.41) is 10.6. The molecular weight excluding hydrogens is 466 g/mol. The lowest BCUT2D eigenvalue weighted by Gasteiger charge is -2.17. The number of sulfonamides is 1. The van der Waals surface area contributed by atoms with Crippen LogP contribution >= 0.6 is 11.6 Å². The highest BCUT2D eigenvalue weighted by molar-refractivity contribution is 7.89. The summed E-state index contributed by atoms with van der Waals surface area (Å²) in [4.78, 5) is 15.5. The molecule has 0 bridgehead atoms. The highest BCUT2D eigenvalue weighted by Gasteiger charge is 2.42. The molecule has 2 aromatic rings. The van der Waals surface area contributed by atoms with E-state index < -0.39 is 44.0 Å². The van der Waals surface area contributed by atoms with Gasteiger partial charge in [0.2, 0.25) is 16.0 Å². The van der Waals surface area contributed by atoms with Crippen LogP contribution in [0, 0.1) is 17.3 Å². The summed E-state index contributed by atoms with van der Waals surface area (Å²) in [6.45, 7) is 0.844. The van der Waals surface area contributed by atoms with Crippen LogP contribution in [0.4, 0.5) is 23.2 Å². The monoisotopic (exact) mass is 479 g/mol. The third-order valence-corrected chi connectivity index (χ3v) is 6.65. The third-order valence-electron chi connectivity index (χ3n) is 4.53. The Labute approximate surface area is 178 Å². The van der Waals surface area contributed by atoms with Crippen LogP contribution in [0.1, 0.15) is 35.2 Å². The molecular formula is C17H14ClF4N5O3S. The average Bonchev–Trinajstić information content (AvgIpc) is 3.18. The van der Waals surface area contributed by atoms with Crippen LogP contribution in [0.25, 0.3) is 0 Å². The van der Waals surface area contributed by atoms with E-state index in [0.717, 1.165) is 12.1 Å². The number of anilines is 1. The van der Waals surface area contributed by atoms with Crippen molar-refractivity contribution in [1.29, 1.82) is 5.26 Å². The van der Waals surface area contributed by atoms with Crippen molar-refractivity contribution in [3.63, 3.8) is 0 Å². The van der Waals surface area contributed by atoms with E-state index in [2.05, 4.69) is 10.3 Å². The maximum Gasteiger partial charge on any atom is 0.404 e. The van der Waals surface area contributed by atoms with Crippen molar-refractivity contribution in [3.05, 3.63) is 40.2 Å². The van der Waals surface area contributed by atoms with E-state index in [1.807, 2.05) is 0 Å². The smallest absolute Gasteiger partial charge is 0.338 e. The number of aromatic nitrogens is 2. The van der Waals surface area contributed by atoms with Gasteiger partial charge in [-0.3, -0.25) is 4.79 Å². The van der Waals surface area contributed by atoms with Crippen molar-refractivity contribution in [2.75, 3.05) is 5.32 Å². The molecule has 0 radical (unpaired) electrons. The van der Waals surface area contributed by atoms with Gasteiger partial charge < -0.3 is 9.88 Å². The van der Waals surface area contributed by atoms with Crippen molar-refractivity contribution < 1.29 is 30.8 Å². The van der Waals surface area contributed by atoms with Crippen LogP contribution in [-0.2, 0) is 23.0 Å². The summed E-state index contributed by atoms with van der Waals surface area (Å²) >= 11 is 6.16. The first-order valence-corrected chi connectivity index (χ1v) is 10.6. The standard InChI is InChI=1S/C17H14ClF4N5O3S/c1-8(17(20,21)22)26-31(29,30)15-11-3-2-4-27(11)14(13(15)18)16(28)25-9-5-10(7-23)24-12(19)6-9/h5-6,8,26H,2-4H2,1H3,(H,24,25,28). The van der Waals surface area contributed by atoms with E-state index in [9.17, 15) is 30.8 Å². The predicted octanol–water partition coefficient (Wildman–Crippen LogP) is 2.97. The van der Waals surface area contributed by atoms with E-state index in [-0.39, 0.29) is 35.7 Å². The fourth-order valence-electron chi connectivity index (χ4n) is 3.18. The molecule has 2 N–H and O–H groups in total. The summed E-state index contributed by atoms with van der Waals surface area (Å²) in [5.41, 5.74) is -0.650. The summed E-state index contributed by atoms with van der Waals surface area (Å²) in [5.74, 6) is -1.96. The molecule has 0 spiro atoms. The molecule has 0 aromatic carbocycles. The lowest BCUT2D eigenvalue weighted by atomic mass is 10.2.